The van der Waals surface area contributed by atoms with Crippen molar-refractivity contribution in [3.05, 3.63) is 35.9 Å². The van der Waals surface area contributed by atoms with E-state index in [0.717, 1.165) is 17.3 Å². The molecule has 1 saturated heterocycles. The second-order valence-corrected chi connectivity index (χ2v) is 7.96. The summed E-state index contributed by atoms with van der Waals surface area (Å²) < 4.78 is 39.7. The molecule has 1 aromatic carbocycles. The van der Waals surface area contributed by atoms with Gasteiger partial charge < -0.3 is 25.2 Å². The zero-order chi connectivity index (χ0) is 20.0. The van der Waals surface area contributed by atoms with E-state index >= 15 is 0 Å². The Morgan fingerprint density at radius 1 is 1.15 bits per heavy atom. The minimum Gasteiger partial charge on any atom is -0.394 e. The molecule has 12 heteroatoms. The molecule has 0 aliphatic carbocycles. The Kier molecular flexibility index (Phi) is 8.00. The van der Waals surface area contributed by atoms with E-state index in [-0.39, 0.29) is 11.5 Å². The largest absolute Gasteiger partial charge is 0.466 e. The summed E-state index contributed by atoms with van der Waals surface area (Å²) in [6.07, 6.45) is -5.11. The van der Waals surface area contributed by atoms with Gasteiger partial charge in [0.2, 0.25) is 0 Å². The summed E-state index contributed by atoms with van der Waals surface area (Å²) in [6, 6.07) is 9.18. The van der Waals surface area contributed by atoms with Gasteiger partial charge in [0.15, 0.2) is 0 Å². The third-order valence-electron chi connectivity index (χ3n) is 3.80. The fourth-order valence-corrected chi connectivity index (χ4v) is 3.71. The van der Waals surface area contributed by atoms with Crippen LogP contribution in [0.5, 0.6) is 0 Å². The lowest BCUT2D eigenvalue weighted by atomic mass is 10.0. The predicted molar refractivity (Wildman–Crippen MR) is 96.2 cm³/mol. The van der Waals surface area contributed by atoms with Crippen molar-refractivity contribution in [2.75, 3.05) is 6.61 Å². The van der Waals surface area contributed by atoms with Crippen molar-refractivity contribution in [3.63, 3.8) is 0 Å². The molecule has 1 aliphatic rings. The zero-order valence-electron chi connectivity index (χ0n) is 14.0. The topological polar surface area (TPSA) is 166 Å². The Bertz CT molecular complexity index is 726. The Morgan fingerprint density at radius 2 is 1.81 bits per heavy atom. The van der Waals surface area contributed by atoms with Crippen LogP contribution in [0, 0.1) is 0 Å². The van der Waals surface area contributed by atoms with Gasteiger partial charge in [0.05, 0.1) is 6.61 Å². The van der Waals surface area contributed by atoms with Crippen LogP contribution in [0.1, 0.15) is 12.0 Å². The van der Waals surface area contributed by atoms with E-state index in [4.69, 9.17) is 9.29 Å². The summed E-state index contributed by atoms with van der Waals surface area (Å²) in [7, 11) is -4.82. The quantitative estimate of drug-likeness (QED) is 0.163. The second kappa shape index (κ2) is 9.80. The van der Waals surface area contributed by atoms with E-state index < -0.39 is 46.9 Å². The molecule has 152 valence electrons. The fraction of sp³-hybridized carbons (Fsp3) is 0.533. The third kappa shape index (κ3) is 6.69. The van der Waals surface area contributed by atoms with Crippen molar-refractivity contribution in [3.8, 4) is 0 Å². The van der Waals surface area contributed by atoms with Crippen LogP contribution in [0.15, 0.2) is 35.5 Å². The minimum absolute atomic E-state index is 0.0563. The maximum absolute atomic E-state index is 10.8. The number of oxime groups is 1. The highest BCUT2D eigenvalue weighted by Crippen LogP contribution is 2.30. The van der Waals surface area contributed by atoms with Gasteiger partial charge in [0.25, 0.3) is 0 Å². The summed E-state index contributed by atoms with van der Waals surface area (Å²) in [5.41, 5.74) is -0.230. The number of hydrogen-bond donors (Lipinski definition) is 5. The molecular formula is C15H21NO9S2. The number of aliphatic hydroxyl groups excluding tert-OH is 4. The van der Waals surface area contributed by atoms with Gasteiger partial charge in [-0.3, -0.25) is 4.55 Å². The standard InChI is InChI=1S/C15H21NO9S2/c17-8-10-12(18)13(19)14(20)15(24-10)26-11(16-25-27(21,22)23)7-6-9-4-2-1-3-5-9/h1-5,10,12-15,17-20H,6-8H2,(H,21,22,23)/b16-11+/t10-,12-,13+,14-,15+/m0/s1. The summed E-state index contributed by atoms with van der Waals surface area (Å²) in [5.74, 6) is 0. The highest BCUT2D eigenvalue weighted by atomic mass is 32.3. The van der Waals surface area contributed by atoms with Gasteiger partial charge in [-0.25, -0.2) is 4.28 Å². The van der Waals surface area contributed by atoms with Gasteiger partial charge in [-0.05, 0) is 12.0 Å². The molecule has 0 amide bonds. The molecular weight excluding hydrogens is 402 g/mol. The summed E-state index contributed by atoms with van der Waals surface area (Å²) in [6.45, 7) is -0.597. The average molecular weight is 423 g/mol. The first kappa shape index (κ1) is 22.0. The van der Waals surface area contributed by atoms with Gasteiger partial charge in [0, 0.05) is 6.42 Å². The van der Waals surface area contributed by atoms with Crippen LogP contribution >= 0.6 is 11.8 Å². The first-order chi connectivity index (χ1) is 12.7. The normalized spacial score (nSPS) is 29.5. The average Bonchev–Trinajstić information content (AvgIpc) is 2.64. The highest BCUT2D eigenvalue weighted by molar-refractivity contribution is 8.14. The molecule has 0 aromatic heterocycles. The van der Waals surface area contributed by atoms with Crippen LogP contribution < -0.4 is 0 Å². The van der Waals surface area contributed by atoms with Crippen molar-refractivity contribution in [1.82, 2.24) is 0 Å². The molecule has 5 atom stereocenters. The molecule has 1 heterocycles. The molecule has 0 bridgehead atoms. The van der Waals surface area contributed by atoms with Crippen molar-refractivity contribution in [2.45, 2.75) is 42.7 Å². The summed E-state index contributed by atoms with van der Waals surface area (Å²) in [4.78, 5) is 0. The Labute approximate surface area is 160 Å². The van der Waals surface area contributed by atoms with E-state index in [2.05, 4.69) is 9.44 Å². The molecule has 1 fully saturated rings. The summed E-state index contributed by atoms with van der Waals surface area (Å²) >= 11 is 0.754. The lowest BCUT2D eigenvalue weighted by Crippen LogP contribution is -2.57. The smallest absolute Gasteiger partial charge is 0.394 e. The Hall–Kier alpha value is -1.25. The number of benzene rings is 1. The van der Waals surface area contributed by atoms with Gasteiger partial charge in [-0.15, -0.1) is 0 Å². The van der Waals surface area contributed by atoms with Crippen molar-refractivity contribution >= 4 is 27.2 Å². The predicted octanol–water partition coefficient (Wildman–Crippen LogP) is -0.715. The van der Waals surface area contributed by atoms with E-state index in [1.807, 2.05) is 30.3 Å². The summed E-state index contributed by atoms with van der Waals surface area (Å²) in [5, 5.41) is 42.4. The second-order valence-electron chi connectivity index (χ2n) is 5.79. The van der Waals surface area contributed by atoms with Crippen molar-refractivity contribution < 1.29 is 42.4 Å². The third-order valence-corrected chi connectivity index (χ3v) is 5.24. The number of nitrogens with zero attached hydrogens (tertiary/aromatic N) is 1. The minimum atomic E-state index is -4.82. The molecule has 0 saturated carbocycles. The molecule has 27 heavy (non-hydrogen) atoms. The molecule has 0 unspecified atom stereocenters. The van der Waals surface area contributed by atoms with Gasteiger partial charge in [0.1, 0.15) is 34.9 Å². The van der Waals surface area contributed by atoms with Gasteiger partial charge in [-0.2, -0.15) is 8.42 Å². The van der Waals surface area contributed by atoms with E-state index in [0.29, 0.717) is 6.42 Å². The molecule has 2 rings (SSSR count). The molecule has 0 radical (unpaired) electrons. The highest BCUT2D eigenvalue weighted by Gasteiger charge is 2.44. The molecule has 1 aromatic rings. The van der Waals surface area contributed by atoms with Crippen LogP contribution in [0.25, 0.3) is 0 Å². The van der Waals surface area contributed by atoms with Crippen LogP contribution in [-0.2, 0) is 25.8 Å². The maximum Gasteiger partial charge on any atom is 0.466 e. The van der Waals surface area contributed by atoms with E-state index in [1.54, 1.807) is 0 Å². The number of aliphatic hydroxyl groups is 4. The van der Waals surface area contributed by atoms with Crippen molar-refractivity contribution in [1.29, 1.82) is 0 Å². The lowest BCUT2D eigenvalue weighted by molar-refractivity contribution is -0.205. The molecule has 0 spiro atoms. The lowest BCUT2D eigenvalue weighted by Gasteiger charge is -2.39. The van der Waals surface area contributed by atoms with Crippen LogP contribution in [0.2, 0.25) is 0 Å². The van der Waals surface area contributed by atoms with Crippen molar-refractivity contribution in [2.24, 2.45) is 5.16 Å². The number of hydrogen-bond acceptors (Lipinski definition) is 10. The Balaban J connectivity index is 2.12. The number of ether oxygens (including phenoxy) is 1. The zero-order valence-corrected chi connectivity index (χ0v) is 15.7. The molecule has 1 aliphatic heterocycles. The Morgan fingerprint density at radius 3 is 2.41 bits per heavy atom. The van der Waals surface area contributed by atoms with Gasteiger partial charge >= 0.3 is 10.4 Å². The fourth-order valence-electron chi connectivity index (χ4n) is 2.41. The van der Waals surface area contributed by atoms with Crippen LogP contribution in [0.4, 0.5) is 0 Å². The molecule has 10 nitrogen and oxygen atoms in total. The number of thioether (sulfide) groups is 1. The number of aryl methyl sites for hydroxylation is 1. The SMILES string of the molecule is O=S(=O)(O)O/N=C(\CCc1ccccc1)S[C@H]1O[C@@H](CO)[C@H](O)[C@@H](O)[C@@H]1O. The van der Waals surface area contributed by atoms with E-state index in [1.165, 1.54) is 0 Å². The maximum atomic E-state index is 10.8. The first-order valence-electron chi connectivity index (χ1n) is 7.95. The van der Waals surface area contributed by atoms with Crippen LogP contribution in [0.3, 0.4) is 0 Å². The van der Waals surface area contributed by atoms with Crippen LogP contribution in [-0.4, -0.2) is 74.9 Å². The first-order valence-corrected chi connectivity index (χ1v) is 10.2. The van der Waals surface area contributed by atoms with Gasteiger partial charge in [-0.1, -0.05) is 47.2 Å². The number of rotatable bonds is 7. The van der Waals surface area contributed by atoms with E-state index in [9.17, 15) is 28.8 Å². The molecule has 5 N–H and O–H groups in total. The monoisotopic (exact) mass is 423 g/mol.